The first-order chi connectivity index (χ1) is 12.7. The summed E-state index contributed by atoms with van der Waals surface area (Å²) in [5.74, 6) is 1.29. The number of aromatic nitrogens is 6. The van der Waals surface area contributed by atoms with Crippen LogP contribution in [0.3, 0.4) is 0 Å². The van der Waals surface area contributed by atoms with Gasteiger partial charge in [0.15, 0.2) is 5.82 Å². The summed E-state index contributed by atoms with van der Waals surface area (Å²) in [5, 5.41) is 14.4. The molecule has 1 amide bonds. The molecule has 0 fully saturated rings. The van der Waals surface area contributed by atoms with Crippen LogP contribution in [0.4, 0.5) is 0 Å². The number of H-pyrrole nitrogens is 1. The van der Waals surface area contributed by atoms with Gasteiger partial charge in [0.25, 0.3) is 5.91 Å². The van der Waals surface area contributed by atoms with Gasteiger partial charge in [-0.1, -0.05) is 24.3 Å². The number of hydrogen-bond acceptors (Lipinski definition) is 5. The van der Waals surface area contributed by atoms with Crippen molar-refractivity contribution >= 4 is 16.9 Å². The Hall–Kier alpha value is -3.55. The number of fused-ring (bicyclic) bond motifs is 1. The van der Waals surface area contributed by atoms with Crippen LogP contribution >= 0.6 is 0 Å². The maximum absolute atomic E-state index is 12.6. The molecule has 0 saturated heterocycles. The molecule has 2 N–H and O–H groups in total. The Balaban J connectivity index is 1.46. The van der Waals surface area contributed by atoms with E-state index >= 15 is 0 Å². The Labute approximate surface area is 149 Å². The lowest BCUT2D eigenvalue weighted by Crippen LogP contribution is -2.27. The molecule has 2 aromatic carbocycles. The van der Waals surface area contributed by atoms with E-state index in [1.54, 1.807) is 17.7 Å². The molecule has 8 heteroatoms. The van der Waals surface area contributed by atoms with Crippen molar-refractivity contribution < 1.29 is 4.79 Å². The van der Waals surface area contributed by atoms with E-state index in [1.165, 1.54) is 0 Å². The summed E-state index contributed by atoms with van der Waals surface area (Å²) in [6.45, 7) is 2.26. The standard InChI is InChI=1S/C18H17N7O/c1-12-22-23-24-25(12)16-9-5-2-6-13(16)18(26)19-11-10-17-20-14-7-3-4-8-15(14)21-17/h2-9H,10-11H2,1H3,(H,19,26)(H,20,21). The molecule has 0 aliphatic rings. The summed E-state index contributed by atoms with van der Waals surface area (Å²) in [6.07, 6.45) is 0.618. The van der Waals surface area contributed by atoms with Crippen LogP contribution in [-0.4, -0.2) is 42.6 Å². The smallest absolute Gasteiger partial charge is 0.253 e. The van der Waals surface area contributed by atoms with Gasteiger partial charge in [-0.05, 0) is 41.6 Å². The number of carbonyl (C=O) groups is 1. The van der Waals surface area contributed by atoms with Crippen LogP contribution in [0.1, 0.15) is 22.0 Å². The number of benzene rings is 2. The molecular formula is C18H17N7O. The van der Waals surface area contributed by atoms with E-state index in [1.807, 2.05) is 42.5 Å². The van der Waals surface area contributed by atoms with Gasteiger partial charge in [-0.2, -0.15) is 4.68 Å². The first-order valence-corrected chi connectivity index (χ1v) is 8.28. The summed E-state index contributed by atoms with van der Waals surface area (Å²) >= 11 is 0. The second kappa shape index (κ2) is 6.75. The molecule has 4 rings (SSSR count). The fraction of sp³-hybridized carbons (Fsp3) is 0.167. The molecule has 26 heavy (non-hydrogen) atoms. The van der Waals surface area contributed by atoms with Crippen molar-refractivity contribution in [3.8, 4) is 5.69 Å². The van der Waals surface area contributed by atoms with Gasteiger partial charge in [-0.15, -0.1) is 5.10 Å². The fourth-order valence-corrected chi connectivity index (χ4v) is 2.82. The second-order valence-electron chi connectivity index (χ2n) is 5.86. The van der Waals surface area contributed by atoms with Gasteiger partial charge in [-0.3, -0.25) is 4.79 Å². The van der Waals surface area contributed by atoms with Crippen molar-refractivity contribution in [1.82, 2.24) is 35.5 Å². The van der Waals surface area contributed by atoms with Crippen molar-refractivity contribution in [2.24, 2.45) is 0 Å². The minimum atomic E-state index is -0.174. The highest BCUT2D eigenvalue weighted by molar-refractivity contribution is 5.97. The summed E-state index contributed by atoms with van der Waals surface area (Å²) in [6, 6.07) is 15.1. The molecule has 0 bridgehead atoms. The van der Waals surface area contributed by atoms with Crippen molar-refractivity contribution in [1.29, 1.82) is 0 Å². The van der Waals surface area contributed by atoms with Crippen molar-refractivity contribution in [3.05, 3.63) is 65.7 Å². The summed E-state index contributed by atoms with van der Waals surface area (Å²) < 4.78 is 1.55. The Bertz CT molecular complexity index is 1030. The Kier molecular flexibility index (Phi) is 4.14. The molecule has 0 spiro atoms. The fourth-order valence-electron chi connectivity index (χ4n) is 2.82. The van der Waals surface area contributed by atoms with Gasteiger partial charge in [0.1, 0.15) is 5.82 Å². The quantitative estimate of drug-likeness (QED) is 0.573. The SMILES string of the molecule is Cc1nnnn1-c1ccccc1C(=O)NCCc1nc2ccccc2[nH]1. The van der Waals surface area contributed by atoms with Crippen molar-refractivity contribution in [2.45, 2.75) is 13.3 Å². The van der Waals surface area contributed by atoms with Crippen LogP contribution in [0.2, 0.25) is 0 Å². The summed E-state index contributed by atoms with van der Waals surface area (Å²) in [5.41, 5.74) is 3.09. The number of nitrogens with zero attached hydrogens (tertiary/aromatic N) is 5. The minimum Gasteiger partial charge on any atom is -0.352 e. The predicted molar refractivity (Wildman–Crippen MR) is 96.0 cm³/mol. The van der Waals surface area contributed by atoms with Gasteiger partial charge >= 0.3 is 0 Å². The zero-order valence-electron chi connectivity index (χ0n) is 14.2. The van der Waals surface area contributed by atoms with Crippen LogP contribution < -0.4 is 5.32 Å². The van der Waals surface area contributed by atoms with Gasteiger partial charge in [-0.25, -0.2) is 4.98 Å². The van der Waals surface area contributed by atoms with E-state index in [2.05, 4.69) is 30.8 Å². The van der Waals surface area contributed by atoms with Crippen LogP contribution in [0, 0.1) is 6.92 Å². The van der Waals surface area contributed by atoms with Gasteiger partial charge in [0, 0.05) is 13.0 Å². The molecule has 8 nitrogen and oxygen atoms in total. The number of tetrazole rings is 1. The molecule has 2 heterocycles. The van der Waals surface area contributed by atoms with Crippen molar-refractivity contribution in [3.63, 3.8) is 0 Å². The maximum Gasteiger partial charge on any atom is 0.253 e. The van der Waals surface area contributed by atoms with Gasteiger partial charge in [0.05, 0.1) is 22.3 Å². The third-order valence-corrected chi connectivity index (χ3v) is 4.09. The average Bonchev–Trinajstić information content (AvgIpc) is 3.27. The molecule has 0 saturated carbocycles. The van der Waals surface area contributed by atoms with E-state index in [4.69, 9.17) is 0 Å². The Morgan fingerprint density at radius 1 is 1.15 bits per heavy atom. The van der Waals surface area contributed by atoms with E-state index in [9.17, 15) is 4.79 Å². The normalized spacial score (nSPS) is 11.0. The molecule has 130 valence electrons. The second-order valence-corrected chi connectivity index (χ2v) is 5.86. The number of nitrogens with one attached hydrogen (secondary N) is 2. The largest absolute Gasteiger partial charge is 0.352 e. The highest BCUT2D eigenvalue weighted by Gasteiger charge is 2.14. The zero-order valence-corrected chi connectivity index (χ0v) is 14.2. The van der Waals surface area contributed by atoms with E-state index in [0.29, 0.717) is 30.0 Å². The first-order valence-electron chi connectivity index (χ1n) is 8.28. The topological polar surface area (TPSA) is 101 Å². The van der Waals surface area contributed by atoms with E-state index in [0.717, 1.165) is 16.9 Å². The van der Waals surface area contributed by atoms with Gasteiger partial charge < -0.3 is 10.3 Å². The van der Waals surface area contributed by atoms with E-state index in [-0.39, 0.29) is 5.91 Å². The Morgan fingerprint density at radius 2 is 1.96 bits per heavy atom. The highest BCUT2D eigenvalue weighted by atomic mass is 16.1. The first kappa shape index (κ1) is 15.9. The number of imidazole rings is 1. The molecule has 2 aromatic heterocycles. The van der Waals surface area contributed by atoms with Crippen molar-refractivity contribution in [2.75, 3.05) is 6.54 Å². The van der Waals surface area contributed by atoms with Crippen LogP contribution in [0.25, 0.3) is 16.7 Å². The van der Waals surface area contributed by atoms with E-state index < -0.39 is 0 Å². The lowest BCUT2D eigenvalue weighted by molar-refractivity contribution is 0.0954. The van der Waals surface area contributed by atoms with Crippen LogP contribution in [-0.2, 0) is 6.42 Å². The van der Waals surface area contributed by atoms with Crippen LogP contribution in [0.5, 0.6) is 0 Å². The molecule has 0 radical (unpaired) electrons. The number of hydrogen-bond donors (Lipinski definition) is 2. The zero-order chi connectivity index (χ0) is 17.9. The number of amides is 1. The minimum absolute atomic E-state index is 0.174. The third-order valence-electron chi connectivity index (χ3n) is 4.09. The summed E-state index contributed by atoms with van der Waals surface area (Å²) in [7, 11) is 0. The predicted octanol–water partition coefficient (Wildman–Crippen LogP) is 1.82. The summed E-state index contributed by atoms with van der Waals surface area (Å²) in [4.78, 5) is 20.4. The highest BCUT2D eigenvalue weighted by Crippen LogP contribution is 2.14. The molecule has 0 unspecified atom stereocenters. The molecule has 0 aliphatic carbocycles. The maximum atomic E-state index is 12.6. The number of rotatable bonds is 5. The molecule has 4 aromatic rings. The lowest BCUT2D eigenvalue weighted by atomic mass is 10.1. The molecular weight excluding hydrogens is 330 g/mol. The lowest BCUT2D eigenvalue weighted by Gasteiger charge is -2.09. The number of aryl methyl sites for hydroxylation is 1. The average molecular weight is 347 g/mol. The third kappa shape index (κ3) is 3.04. The number of carbonyl (C=O) groups excluding carboxylic acids is 1. The molecule has 0 aliphatic heterocycles. The van der Waals surface area contributed by atoms with Gasteiger partial charge in [0.2, 0.25) is 0 Å². The molecule has 0 atom stereocenters. The number of aromatic amines is 1. The number of para-hydroxylation sites is 3. The monoisotopic (exact) mass is 347 g/mol. The Morgan fingerprint density at radius 3 is 2.77 bits per heavy atom. The van der Waals surface area contributed by atoms with Crippen LogP contribution in [0.15, 0.2) is 48.5 Å².